The zero-order chi connectivity index (χ0) is 26.2. The summed E-state index contributed by atoms with van der Waals surface area (Å²) < 4.78 is 5.88. The van der Waals surface area contributed by atoms with Crippen molar-refractivity contribution in [2.75, 3.05) is 0 Å². The Kier molecular flexibility index (Phi) is 7.37. The maximum atomic E-state index is 14.1. The van der Waals surface area contributed by atoms with Gasteiger partial charge in [-0.25, -0.2) is 0 Å². The fraction of sp³-hybridized carbons (Fsp3) is 0.500. The molecule has 1 aliphatic heterocycles. The van der Waals surface area contributed by atoms with E-state index in [-0.39, 0.29) is 35.5 Å². The van der Waals surface area contributed by atoms with Crippen molar-refractivity contribution >= 4 is 17.7 Å². The summed E-state index contributed by atoms with van der Waals surface area (Å²) in [6.07, 6.45) is 6.34. The predicted molar refractivity (Wildman–Crippen MR) is 138 cm³/mol. The highest BCUT2D eigenvalue weighted by atomic mass is 16.5. The largest absolute Gasteiger partial charge is 0.457 e. The van der Waals surface area contributed by atoms with Crippen LogP contribution < -0.4 is 5.32 Å². The molecule has 1 saturated heterocycles. The molecule has 0 radical (unpaired) electrons. The Balaban J connectivity index is 1.92. The van der Waals surface area contributed by atoms with E-state index in [1.165, 1.54) is 6.92 Å². The van der Waals surface area contributed by atoms with E-state index in [0.29, 0.717) is 18.4 Å². The second-order valence-corrected chi connectivity index (χ2v) is 10.7. The number of hydrogen-bond acceptors (Lipinski definition) is 5. The molecule has 1 amide bonds. The van der Waals surface area contributed by atoms with Gasteiger partial charge in [-0.05, 0) is 36.0 Å². The van der Waals surface area contributed by atoms with E-state index >= 15 is 0 Å². The monoisotopic (exact) mass is 491 g/mol. The minimum Gasteiger partial charge on any atom is -0.457 e. The van der Waals surface area contributed by atoms with Crippen molar-refractivity contribution in [3.8, 4) is 0 Å². The third-order valence-electron chi connectivity index (χ3n) is 8.49. The van der Waals surface area contributed by atoms with Crippen LogP contribution in [0.2, 0.25) is 0 Å². The molecule has 4 rings (SSSR count). The molecule has 1 saturated carbocycles. The average Bonchev–Trinajstić information content (AvgIpc) is 3.13. The van der Waals surface area contributed by atoms with Crippen LogP contribution >= 0.6 is 0 Å². The van der Waals surface area contributed by atoms with Crippen LogP contribution in [0.1, 0.15) is 39.7 Å². The topological polar surface area (TPSA) is 92.7 Å². The van der Waals surface area contributed by atoms with Gasteiger partial charge in [-0.1, -0.05) is 75.9 Å². The molecular formula is C30H37NO5. The standard InChI is InChI=1S/C30H37NO5/c1-17-10-9-13-23-28(34)20(4)19(3)26-24(16-22-11-7-6-8-12-22)31-29(35)30(23,26)25(36-21(5)32)15-14-18(2)27(17)33/h6-9,11-15,17-19,23-26,28,34H,4,10,16H2,1-3,5H3,(H,31,35)/t17-,18-,19+,23-,24-,25+,26-,28+,30+/m0/s1. The third-order valence-corrected chi connectivity index (χ3v) is 8.49. The van der Waals surface area contributed by atoms with Gasteiger partial charge in [0.1, 0.15) is 17.3 Å². The SMILES string of the molecule is C=C1[C@@H](C)[C@H]2[C@H](Cc3ccccc3)NC(=O)[C@]23[C@H](OC(C)=O)C=C[C@H](C)C(=O)[C@@H](C)CC=C[C@H]3[C@@H]1O. The van der Waals surface area contributed by atoms with Crippen molar-refractivity contribution in [1.82, 2.24) is 5.32 Å². The molecule has 36 heavy (non-hydrogen) atoms. The Hall–Kier alpha value is -2.99. The van der Waals surface area contributed by atoms with Gasteiger partial charge in [0.25, 0.3) is 0 Å². The van der Waals surface area contributed by atoms with Crippen LogP contribution in [-0.4, -0.2) is 41.0 Å². The Labute approximate surface area is 213 Å². The number of carbonyl (C=O) groups is 3. The molecular weight excluding hydrogens is 454 g/mol. The summed E-state index contributed by atoms with van der Waals surface area (Å²) in [7, 11) is 0. The molecule has 6 nitrogen and oxygen atoms in total. The normalized spacial score (nSPS) is 38.5. The lowest BCUT2D eigenvalue weighted by Gasteiger charge is -2.52. The summed E-state index contributed by atoms with van der Waals surface area (Å²) in [5, 5.41) is 14.7. The van der Waals surface area contributed by atoms with Crippen molar-refractivity contribution < 1.29 is 24.2 Å². The molecule has 3 aliphatic rings. The lowest BCUT2D eigenvalue weighted by molar-refractivity contribution is -0.166. The van der Waals surface area contributed by atoms with Crippen molar-refractivity contribution in [2.45, 2.75) is 58.8 Å². The smallest absolute Gasteiger partial charge is 0.303 e. The fourth-order valence-corrected chi connectivity index (χ4v) is 6.65. The first-order valence-electron chi connectivity index (χ1n) is 12.9. The maximum Gasteiger partial charge on any atom is 0.303 e. The van der Waals surface area contributed by atoms with Crippen molar-refractivity contribution in [3.05, 3.63) is 72.4 Å². The molecule has 0 unspecified atom stereocenters. The number of hydrogen-bond donors (Lipinski definition) is 2. The molecule has 1 spiro atoms. The van der Waals surface area contributed by atoms with Gasteiger partial charge in [0, 0.05) is 36.6 Å². The summed E-state index contributed by atoms with van der Waals surface area (Å²) in [5.41, 5.74) is 0.493. The lowest BCUT2D eigenvalue weighted by atomic mass is 9.51. The molecule has 192 valence electrons. The van der Waals surface area contributed by atoms with Crippen LogP contribution in [0.25, 0.3) is 0 Å². The molecule has 1 heterocycles. The van der Waals surface area contributed by atoms with E-state index in [0.717, 1.165) is 5.56 Å². The van der Waals surface area contributed by atoms with Gasteiger partial charge in [-0.2, -0.15) is 0 Å². The number of carbonyl (C=O) groups excluding carboxylic acids is 3. The molecule has 6 heteroatoms. The summed E-state index contributed by atoms with van der Waals surface area (Å²) in [6.45, 7) is 11.2. The Morgan fingerprint density at radius 1 is 1.14 bits per heavy atom. The summed E-state index contributed by atoms with van der Waals surface area (Å²) in [6, 6.07) is 9.71. The number of rotatable bonds is 3. The van der Waals surface area contributed by atoms with Gasteiger partial charge >= 0.3 is 5.97 Å². The van der Waals surface area contributed by atoms with Gasteiger partial charge in [0.2, 0.25) is 5.91 Å². The molecule has 2 fully saturated rings. The Morgan fingerprint density at radius 3 is 2.50 bits per heavy atom. The number of nitrogens with one attached hydrogen (secondary N) is 1. The first kappa shape index (κ1) is 26.1. The lowest BCUT2D eigenvalue weighted by Crippen LogP contribution is -2.60. The highest BCUT2D eigenvalue weighted by Gasteiger charge is 2.68. The second kappa shape index (κ2) is 10.2. The minimum absolute atomic E-state index is 0.0764. The molecule has 2 aliphatic carbocycles. The quantitative estimate of drug-likeness (QED) is 0.496. The van der Waals surface area contributed by atoms with Crippen LogP contribution in [0.3, 0.4) is 0 Å². The van der Waals surface area contributed by atoms with E-state index in [1.807, 2.05) is 63.3 Å². The van der Waals surface area contributed by atoms with E-state index in [9.17, 15) is 19.5 Å². The zero-order valence-electron chi connectivity index (χ0n) is 21.5. The van der Waals surface area contributed by atoms with E-state index in [2.05, 4.69) is 11.9 Å². The molecule has 1 aromatic carbocycles. The van der Waals surface area contributed by atoms with Gasteiger partial charge in [-0.3, -0.25) is 14.4 Å². The fourth-order valence-electron chi connectivity index (χ4n) is 6.65. The van der Waals surface area contributed by atoms with Crippen LogP contribution in [-0.2, 0) is 25.5 Å². The summed E-state index contributed by atoms with van der Waals surface area (Å²) >= 11 is 0. The number of ether oxygens (including phenoxy) is 1. The van der Waals surface area contributed by atoms with Crippen molar-refractivity contribution in [3.63, 3.8) is 0 Å². The highest BCUT2D eigenvalue weighted by Crippen LogP contribution is 2.58. The number of aliphatic hydroxyl groups excluding tert-OH is 1. The van der Waals surface area contributed by atoms with Crippen molar-refractivity contribution in [1.29, 1.82) is 0 Å². The first-order valence-corrected chi connectivity index (χ1v) is 12.9. The van der Waals surface area contributed by atoms with Gasteiger partial charge in [-0.15, -0.1) is 0 Å². The number of benzene rings is 1. The molecule has 1 aromatic rings. The number of ketones is 1. The summed E-state index contributed by atoms with van der Waals surface area (Å²) in [4.78, 5) is 39.4. The van der Waals surface area contributed by atoms with Gasteiger partial charge in [0.05, 0.1) is 6.10 Å². The predicted octanol–water partition coefficient (Wildman–Crippen LogP) is 3.80. The highest BCUT2D eigenvalue weighted by molar-refractivity contribution is 5.89. The van der Waals surface area contributed by atoms with Crippen LogP contribution in [0.15, 0.2) is 66.8 Å². The van der Waals surface area contributed by atoms with Crippen molar-refractivity contribution in [2.24, 2.45) is 35.0 Å². The molecule has 0 aromatic heterocycles. The third kappa shape index (κ3) is 4.36. The first-order chi connectivity index (χ1) is 17.1. The number of aliphatic hydroxyl groups is 1. The second-order valence-electron chi connectivity index (χ2n) is 10.7. The summed E-state index contributed by atoms with van der Waals surface area (Å²) in [5.74, 6) is -2.49. The van der Waals surface area contributed by atoms with Crippen LogP contribution in [0.4, 0.5) is 0 Å². The molecule has 2 N–H and O–H groups in total. The van der Waals surface area contributed by atoms with E-state index in [4.69, 9.17) is 4.74 Å². The molecule has 0 bridgehead atoms. The van der Waals surface area contributed by atoms with E-state index < -0.39 is 35.4 Å². The average molecular weight is 492 g/mol. The van der Waals surface area contributed by atoms with Gasteiger partial charge in [0.15, 0.2) is 0 Å². The van der Waals surface area contributed by atoms with Crippen LogP contribution in [0, 0.1) is 35.0 Å². The molecule has 9 atom stereocenters. The Bertz CT molecular complexity index is 1090. The Morgan fingerprint density at radius 2 is 1.83 bits per heavy atom. The number of amides is 1. The number of allylic oxidation sites excluding steroid dienone is 2. The number of esters is 1. The number of Topliss-reactive ketones (excluding diaryl/α,β-unsaturated/α-hetero) is 1. The van der Waals surface area contributed by atoms with E-state index in [1.54, 1.807) is 12.2 Å². The van der Waals surface area contributed by atoms with Gasteiger partial charge < -0.3 is 15.2 Å². The van der Waals surface area contributed by atoms with Crippen LogP contribution in [0.5, 0.6) is 0 Å². The zero-order valence-corrected chi connectivity index (χ0v) is 21.5. The minimum atomic E-state index is -1.26. The maximum absolute atomic E-state index is 14.1.